The minimum atomic E-state index is 0.206. The van der Waals surface area contributed by atoms with E-state index in [-0.39, 0.29) is 11.8 Å². The van der Waals surface area contributed by atoms with E-state index in [1.165, 1.54) is 9.13 Å². The van der Waals surface area contributed by atoms with Gasteiger partial charge in [0.05, 0.1) is 6.26 Å². The van der Waals surface area contributed by atoms with Crippen molar-refractivity contribution in [2.24, 2.45) is 5.92 Å². The van der Waals surface area contributed by atoms with Gasteiger partial charge < -0.3 is 9.73 Å². The van der Waals surface area contributed by atoms with E-state index in [4.69, 9.17) is 4.42 Å². The third-order valence-electron chi connectivity index (χ3n) is 3.26. The van der Waals surface area contributed by atoms with E-state index >= 15 is 0 Å². The van der Waals surface area contributed by atoms with E-state index in [1.807, 2.05) is 12.1 Å². The minimum Gasteiger partial charge on any atom is -0.464 e. The Hall–Kier alpha value is -1.04. The molecule has 0 radical (unpaired) electrons. The molecule has 18 heavy (non-hydrogen) atoms. The largest absolute Gasteiger partial charge is 0.464 e. The summed E-state index contributed by atoms with van der Waals surface area (Å²) < 4.78 is 6.70. The lowest BCUT2D eigenvalue weighted by Gasteiger charge is -2.02. The van der Waals surface area contributed by atoms with Crippen molar-refractivity contribution < 1.29 is 9.21 Å². The monoisotopic (exact) mass is 355 g/mol. The van der Waals surface area contributed by atoms with Crippen LogP contribution in [0.15, 0.2) is 28.9 Å². The van der Waals surface area contributed by atoms with Gasteiger partial charge in [-0.3, -0.25) is 4.79 Å². The average Bonchev–Trinajstić information content (AvgIpc) is 3.13. The summed E-state index contributed by atoms with van der Waals surface area (Å²) in [6, 6.07) is 6.14. The number of nitrogens with one attached hydrogen (secondary N) is 1. The fraction of sp³-hybridized carbons (Fsp3) is 0.357. The molecule has 1 aliphatic rings. The summed E-state index contributed by atoms with van der Waals surface area (Å²) in [5, 5.41) is 4.13. The predicted molar refractivity (Wildman–Crippen MR) is 78.4 cm³/mol. The summed E-state index contributed by atoms with van der Waals surface area (Å²) >= 11 is 2.30. The van der Waals surface area contributed by atoms with Gasteiger partial charge in [0.25, 0.3) is 0 Å². The number of hydrogen-bond donors (Lipinski definition) is 1. The molecule has 1 aromatic heterocycles. The van der Waals surface area contributed by atoms with E-state index in [9.17, 15) is 4.79 Å². The first-order chi connectivity index (χ1) is 8.74. The van der Waals surface area contributed by atoms with E-state index in [0.717, 1.165) is 30.2 Å². The maximum atomic E-state index is 11.5. The SMILES string of the molecule is O=C(NCCc1coc2ccc(I)cc12)C1CC1. The van der Waals surface area contributed by atoms with Gasteiger partial charge in [-0.25, -0.2) is 0 Å². The molecule has 0 atom stereocenters. The Morgan fingerprint density at radius 2 is 2.28 bits per heavy atom. The van der Waals surface area contributed by atoms with Crippen LogP contribution < -0.4 is 5.32 Å². The van der Waals surface area contributed by atoms with Gasteiger partial charge in [-0.1, -0.05) is 0 Å². The molecule has 1 N–H and O–H groups in total. The van der Waals surface area contributed by atoms with Gasteiger partial charge in [0.2, 0.25) is 5.91 Å². The number of hydrogen-bond acceptors (Lipinski definition) is 2. The molecule has 1 heterocycles. The molecule has 94 valence electrons. The molecule has 1 fully saturated rings. The number of carbonyl (C=O) groups is 1. The van der Waals surface area contributed by atoms with Crippen LogP contribution in [0.3, 0.4) is 0 Å². The third-order valence-corrected chi connectivity index (χ3v) is 3.93. The van der Waals surface area contributed by atoms with Gasteiger partial charge in [0.1, 0.15) is 5.58 Å². The average molecular weight is 355 g/mol. The zero-order valence-electron chi connectivity index (χ0n) is 9.91. The molecule has 4 heteroatoms. The van der Waals surface area contributed by atoms with Crippen LogP contribution in [0.1, 0.15) is 18.4 Å². The molecule has 1 saturated carbocycles. The van der Waals surface area contributed by atoms with Crippen LogP contribution in [0.2, 0.25) is 0 Å². The highest BCUT2D eigenvalue weighted by atomic mass is 127. The van der Waals surface area contributed by atoms with Gasteiger partial charge in [0.15, 0.2) is 0 Å². The summed E-state index contributed by atoms with van der Waals surface area (Å²) in [4.78, 5) is 11.5. The molecular weight excluding hydrogens is 341 g/mol. The van der Waals surface area contributed by atoms with Crippen molar-refractivity contribution >= 4 is 39.5 Å². The van der Waals surface area contributed by atoms with Crippen molar-refractivity contribution in [1.82, 2.24) is 5.32 Å². The molecule has 0 spiro atoms. The van der Waals surface area contributed by atoms with Gasteiger partial charge in [-0.15, -0.1) is 0 Å². The molecular formula is C14H14INO2. The Kier molecular flexibility index (Phi) is 3.28. The maximum absolute atomic E-state index is 11.5. The molecule has 3 nitrogen and oxygen atoms in total. The van der Waals surface area contributed by atoms with Crippen molar-refractivity contribution in [2.45, 2.75) is 19.3 Å². The molecule has 1 aromatic carbocycles. The molecule has 3 rings (SSSR count). The fourth-order valence-corrected chi connectivity index (χ4v) is 2.55. The highest BCUT2D eigenvalue weighted by molar-refractivity contribution is 14.1. The first-order valence-corrected chi connectivity index (χ1v) is 7.25. The van der Waals surface area contributed by atoms with Crippen LogP contribution in [-0.2, 0) is 11.2 Å². The van der Waals surface area contributed by atoms with E-state index in [0.29, 0.717) is 6.54 Å². The summed E-state index contributed by atoms with van der Waals surface area (Å²) in [6.07, 6.45) is 4.73. The highest BCUT2D eigenvalue weighted by Crippen LogP contribution is 2.28. The molecule has 0 saturated heterocycles. The number of benzene rings is 1. The van der Waals surface area contributed by atoms with Crippen molar-refractivity contribution in [1.29, 1.82) is 0 Å². The number of rotatable bonds is 4. The summed E-state index contributed by atoms with van der Waals surface area (Å²) in [6.45, 7) is 0.690. The van der Waals surface area contributed by atoms with Gasteiger partial charge >= 0.3 is 0 Å². The number of carbonyl (C=O) groups excluding carboxylic acids is 1. The van der Waals surface area contributed by atoms with Gasteiger partial charge in [0, 0.05) is 21.4 Å². The van der Waals surface area contributed by atoms with Crippen LogP contribution in [-0.4, -0.2) is 12.5 Å². The van der Waals surface area contributed by atoms with E-state index in [1.54, 1.807) is 6.26 Å². The fourth-order valence-electron chi connectivity index (χ4n) is 2.06. The van der Waals surface area contributed by atoms with Crippen LogP contribution >= 0.6 is 22.6 Å². The molecule has 2 aromatic rings. The smallest absolute Gasteiger partial charge is 0.223 e. The Balaban J connectivity index is 1.66. The number of fused-ring (bicyclic) bond motifs is 1. The van der Waals surface area contributed by atoms with Crippen molar-refractivity contribution in [2.75, 3.05) is 6.54 Å². The minimum absolute atomic E-state index is 0.206. The second-order valence-corrected chi connectivity index (χ2v) is 5.96. The van der Waals surface area contributed by atoms with E-state index in [2.05, 4.69) is 34.0 Å². The molecule has 0 aliphatic heterocycles. The lowest BCUT2D eigenvalue weighted by molar-refractivity contribution is -0.122. The maximum Gasteiger partial charge on any atom is 0.223 e. The van der Waals surface area contributed by atoms with Crippen LogP contribution in [0, 0.1) is 9.49 Å². The van der Waals surface area contributed by atoms with Gasteiger partial charge in [-0.05, 0) is 65.6 Å². The van der Waals surface area contributed by atoms with Crippen LogP contribution in [0.4, 0.5) is 0 Å². The lowest BCUT2D eigenvalue weighted by atomic mass is 10.1. The summed E-state index contributed by atoms with van der Waals surface area (Å²) in [5.74, 6) is 0.490. The normalized spacial score (nSPS) is 14.9. The summed E-state index contributed by atoms with van der Waals surface area (Å²) in [5.41, 5.74) is 2.08. The van der Waals surface area contributed by atoms with Crippen molar-refractivity contribution in [3.63, 3.8) is 0 Å². The molecule has 1 aliphatic carbocycles. The van der Waals surface area contributed by atoms with Gasteiger partial charge in [-0.2, -0.15) is 0 Å². The number of furan rings is 1. The Bertz CT molecular complexity index is 586. The van der Waals surface area contributed by atoms with Crippen LogP contribution in [0.25, 0.3) is 11.0 Å². The lowest BCUT2D eigenvalue weighted by Crippen LogP contribution is -2.26. The first-order valence-electron chi connectivity index (χ1n) is 6.17. The Labute approximate surface area is 119 Å². The Morgan fingerprint density at radius 1 is 1.44 bits per heavy atom. The van der Waals surface area contributed by atoms with Crippen LogP contribution in [0.5, 0.6) is 0 Å². The second kappa shape index (κ2) is 4.91. The van der Waals surface area contributed by atoms with Crippen molar-refractivity contribution in [3.05, 3.63) is 33.6 Å². The predicted octanol–water partition coefficient (Wildman–Crippen LogP) is 3.11. The highest BCUT2D eigenvalue weighted by Gasteiger charge is 2.29. The zero-order valence-corrected chi connectivity index (χ0v) is 12.1. The summed E-state index contributed by atoms with van der Waals surface area (Å²) in [7, 11) is 0. The standard InChI is InChI=1S/C14H14INO2/c15-11-3-4-13-12(7-11)10(8-18-13)5-6-16-14(17)9-1-2-9/h3-4,7-9H,1-2,5-6H2,(H,16,17). The topological polar surface area (TPSA) is 42.2 Å². The molecule has 0 bridgehead atoms. The second-order valence-electron chi connectivity index (χ2n) is 4.72. The zero-order chi connectivity index (χ0) is 12.5. The third kappa shape index (κ3) is 2.53. The molecule has 0 unspecified atom stereocenters. The first kappa shape index (κ1) is 12.0. The number of amides is 1. The number of halogens is 1. The van der Waals surface area contributed by atoms with Crippen molar-refractivity contribution in [3.8, 4) is 0 Å². The Morgan fingerprint density at radius 3 is 3.06 bits per heavy atom. The molecule has 1 amide bonds. The quantitative estimate of drug-likeness (QED) is 0.857. The van der Waals surface area contributed by atoms with E-state index < -0.39 is 0 Å².